The highest BCUT2D eigenvalue weighted by Crippen LogP contribution is 2.11. The van der Waals surface area contributed by atoms with Crippen LogP contribution in [0.5, 0.6) is 0 Å². The highest BCUT2D eigenvalue weighted by atomic mass is 16.5. The molecule has 108 valence electrons. The van der Waals surface area contributed by atoms with Crippen LogP contribution in [0, 0.1) is 0 Å². The molecule has 0 fully saturated rings. The van der Waals surface area contributed by atoms with Gasteiger partial charge in [0.1, 0.15) is 0 Å². The van der Waals surface area contributed by atoms with Crippen molar-refractivity contribution < 1.29 is 14.3 Å². The van der Waals surface area contributed by atoms with Crippen molar-refractivity contribution in [3.05, 3.63) is 0 Å². The van der Waals surface area contributed by atoms with Gasteiger partial charge in [-0.05, 0) is 19.3 Å². The molecule has 0 spiro atoms. The molecular formula is C13H28N2O3. The zero-order valence-corrected chi connectivity index (χ0v) is 12.1. The average molecular weight is 260 g/mol. The summed E-state index contributed by atoms with van der Waals surface area (Å²) in [6, 6.07) is -0.247. The molecule has 1 amide bonds. The quantitative estimate of drug-likeness (QED) is 0.637. The topological polar surface area (TPSA) is 64.8 Å². The second-order valence-corrected chi connectivity index (χ2v) is 4.38. The van der Waals surface area contributed by atoms with E-state index in [0.717, 1.165) is 12.8 Å². The molecular weight excluding hydrogens is 232 g/mol. The number of rotatable bonds is 10. The van der Waals surface area contributed by atoms with Crippen LogP contribution in [0.2, 0.25) is 0 Å². The van der Waals surface area contributed by atoms with Crippen LogP contribution in [0.15, 0.2) is 0 Å². The van der Waals surface area contributed by atoms with Crippen molar-refractivity contribution in [2.75, 3.05) is 34.0 Å². The van der Waals surface area contributed by atoms with Crippen LogP contribution in [0.1, 0.15) is 33.1 Å². The molecule has 0 aliphatic heterocycles. The van der Waals surface area contributed by atoms with E-state index < -0.39 is 6.04 Å². The van der Waals surface area contributed by atoms with Gasteiger partial charge in [-0.25, -0.2) is 0 Å². The first-order valence-corrected chi connectivity index (χ1v) is 6.66. The lowest BCUT2D eigenvalue weighted by Crippen LogP contribution is -2.50. The predicted octanol–water partition coefficient (Wildman–Crippen LogP) is 1.01. The molecule has 2 N–H and O–H groups in total. The monoisotopic (exact) mass is 260 g/mol. The first kappa shape index (κ1) is 17.4. The SMILES string of the molecule is CCC(CC)N(CCOC)C(=O)C(N)CCOC. The second kappa shape index (κ2) is 10.3. The summed E-state index contributed by atoms with van der Waals surface area (Å²) in [5.74, 6) is -0.00204. The van der Waals surface area contributed by atoms with Crippen LogP contribution in [0.4, 0.5) is 0 Å². The number of hydrogen-bond acceptors (Lipinski definition) is 4. The van der Waals surface area contributed by atoms with E-state index in [0.29, 0.717) is 26.2 Å². The van der Waals surface area contributed by atoms with Gasteiger partial charge in [0.2, 0.25) is 5.91 Å². The van der Waals surface area contributed by atoms with Gasteiger partial charge in [-0.15, -0.1) is 0 Å². The Balaban J connectivity index is 4.55. The standard InChI is InChI=1S/C13H28N2O3/c1-5-11(6-2)15(8-10-18-4)13(16)12(14)7-9-17-3/h11-12H,5-10,14H2,1-4H3. The van der Waals surface area contributed by atoms with E-state index in [9.17, 15) is 4.79 Å². The van der Waals surface area contributed by atoms with Gasteiger partial charge in [0.15, 0.2) is 0 Å². The van der Waals surface area contributed by atoms with Gasteiger partial charge in [0, 0.05) is 33.4 Å². The molecule has 1 unspecified atom stereocenters. The minimum absolute atomic E-state index is 0.00204. The molecule has 1 atom stereocenters. The molecule has 5 heteroatoms. The summed E-state index contributed by atoms with van der Waals surface area (Å²) >= 11 is 0. The molecule has 0 saturated heterocycles. The molecule has 0 aliphatic rings. The maximum Gasteiger partial charge on any atom is 0.239 e. The van der Waals surface area contributed by atoms with Crippen molar-refractivity contribution in [3.63, 3.8) is 0 Å². The Hall–Kier alpha value is -0.650. The van der Waals surface area contributed by atoms with Crippen LogP contribution in [-0.2, 0) is 14.3 Å². The van der Waals surface area contributed by atoms with Crippen LogP contribution in [-0.4, -0.2) is 56.9 Å². The van der Waals surface area contributed by atoms with E-state index >= 15 is 0 Å². The van der Waals surface area contributed by atoms with Gasteiger partial charge in [-0.2, -0.15) is 0 Å². The number of carbonyl (C=O) groups excluding carboxylic acids is 1. The van der Waals surface area contributed by atoms with Gasteiger partial charge in [0.05, 0.1) is 12.6 Å². The first-order chi connectivity index (χ1) is 8.62. The molecule has 18 heavy (non-hydrogen) atoms. The Bertz CT molecular complexity index is 220. The fraction of sp³-hybridized carbons (Fsp3) is 0.923. The van der Waals surface area contributed by atoms with Gasteiger partial charge in [-0.1, -0.05) is 13.8 Å². The lowest BCUT2D eigenvalue weighted by atomic mass is 10.1. The number of nitrogens with two attached hydrogens (primary N) is 1. The third-order valence-electron chi connectivity index (χ3n) is 3.15. The van der Waals surface area contributed by atoms with Crippen molar-refractivity contribution in [2.24, 2.45) is 5.73 Å². The Labute approximate surface area is 111 Å². The number of methoxy groups -OCH3 is 2. The molecule has 0 aromatic rings. The van der Waals surface area contributed by atoms with Crippen LogP contribution in [0.3, 0.4) is 0 Å². The van der Waals surface area contributed by atoms with E-state index in [1.54, 1.807) is 14.2 Å². The normalized spacial score (nSPS) is 12.8. The van der Waals surface area contributed by atoms with Crippen molar-refractivity contribution >= 4 is 5.91 Å². The van der Waals surface area contributed by atoms with E-state index in [1.807, 2.05) is 4.90 Å². The maximum absolute atomic E-state index is 12.3. The minimum Gasteiger partial charge on any atom is -0.385 e. The molecule has 0 saturated carbocycles. The Morgan fingerprint density at radius 1 is 1.17 bits per heavy atom. The first-order valence-electron chi connectivity index (χ1n) is 6.66. The smallest absolute Gasteiger partial charge is 0.239 e. The molecule has 0 radical (unpaired) electrons. The summed E-state index contributed by atoms with van der Waals surface area (Å²) in [6.07, 6.45) is 2.42. The summed E-state index contributed by atoms with van der Waals surface area (Å²) in [5.41, 5.74) is 5.91. The number of ether oxygens (including phenoxy) is 2. The third-order valence-corrected chi connectivity index (χ3v) is 3.15. The number of hydrogen-bond donors (Lipinski definition) is 1. The summed E-state index contributed by atoms with van der Waals surface area (Å²) in [7, 11) is 3.25. The van der Waals surface area contributed by atoms with Crippen LogP contribution >= 0.6 is 0 Å². The molecule has 0 bridgehead atoms. The average Bonchev–Trinajstić information content (AvgIpc) is 2.40. The van der Waals surface area contributed by atoms with Crippen LogP contribution < -0.4 is 5.73 Å². The molecule has 0 aromatic carbocycles. The van der Waals surface area contributed by atoms with Crippen molar-refractivity contribution in [3.8, 4) is 0 Å². The Kier molecular flexibility index (Phi) is 9.92. The zero-order valence-electron chi connectivity index (χ0n) is 12.1. The summed E-state index contributed by atoms with van der Waals surface area (Å²) in [5, 5.41) is 0. The minimum atomic E-state index is -0.484. The molecule has 0 aromatic heterocycles. The lowest BCUT2D eigenvalue weighted by Gasteiger charge is -2.32. The fourth-order valence-corrected chi connectivity index (χ4v) is 1.97. The molecule has 5 nitrogen and oxygen atoms in total. The number of carbonyl (C=O) groups is 1. The largest absolute Gasteiger partial charge is 0.385 e. The van der Waals surface area contributed by atoms with Crippen molar-refractivity contribution in [1.82, 2.24) is 4.90 Å². The van der Waals surface area contributed by atoms with E-state index in [4.69, 9.17) is 15.2 Å². The maximum atomic E-state index is 12.3. The second-order valence-electron chi connectivity index (χ2n) is 4.38. The Morgan fingerprint density at radius 2 is 1.72 bits per heavy atom. The van der Waals surface area contributed by atoms with E-state index in [2.05, 4.69) is 13.8 Å². The highest BCUT2D eigenvalue weighted by Gasteiger charge is 2.25. The van der Waals surface area contributed by atoms with Crippen molar-refractivity contribution in [1.29, 1.82) is 0 Å². The zero-order chi connectivity index (χ0) is 14.0. The van der Waals surface area contributed by atoms with Gasteiger partial charge < -0.3 is 20.1 Å². The van der Waals surface area contributed by atoms with Gasteiger partial charge in [-0.3, -0.25) is 4.79 Å². The summed E-state index contributed by atoms with van der Waals surface area (Å²) in [6.45, 7) is 5.82. The van der Waals surface area contributed by atoms with Crippen LogP contribution in [0.25, 0.3) is 0 Å². The third kappa shape index (κ3) is 5.80. The molecule has 0 heterocycles. The predicted molar refractivity (Wildman–Crippen MR) is 72.4 cm³/mol. The number of amides is 1. The van der Waals surface area contributed by atoms with Gasteiger partial charge in [0.25, 0.3) is 0 Å². The lowest BCUT2D eigenvalue weighted by molar-refractivity contribution is -0.136. The van der Waals surface area contributed by atoms with Crippen molar-refractivity contribution in [2.45, 2.75) is 45.2 Å². The summed E-state index contributed by atoms with van der Waals surface area (Å²) in [4.78, 5) is 14.2. The highest BCUT2D eigenvalue weighted by molar-refractivity contribution is 5.82. The Morgan fingerprint density at radius 3 is 2.17 bits per heavy atom. The summed E-state index contributed by atoms with van der Waals surface area (Å²) < 4.78 is 10.0. The van der Waals surface area contributed by atoms with E-state index in [-0.39, 0.29) is 11.9 Å². The van der Waals surface area contributed by atoms with Gasteiger partial charge >= 0.3 is 0 Å². The molecule has 0 rings (SSSR count). The molecule has 0 aliphatic carbocycles. The fourth-order valence-electron chi connectivity index (χ4n) is 1.97. The van der Waals surface area contributed by atoms with E-state index in [1.165, 1.54) is 0 Å². The number of nitrogens with zero attached hydrogens (tertiary/aromatic N) is 1.